The Balaban J connectivity index is 0.916. The van der Waals surface area contributed by atoms with Crippen LogP contribution in [0.3, 0.4) is 0 Å². The third-order valence-electron chi connectivity index (χ3n) is 24.5. The molecule has 4 aliphatic heterocycles. The minimum Gasteiger partial charge on any atom is -0.459 e. The lowest BCUT2D eigenvalue weighted by atomic mass is 9.30. The normalized spacial score (nSPS) is 13.2. The number of nitrogens with zero attached hydrogens (tertiary/aromatic N) is 3. The average molecular weight is 1480 g/mol. The quantitative estimate of drug-likeness (QED) is 0.128. The van der Waals surface area contributed by atoms with Gasteiger partial charge in [-0.3, -0.25) is 0 Å². The molecule has 0 saturated heterocycles. The summed E-state index contributed by atoms with van der Waals surface area (Å²) in [7, 11) is 0. The van der Waals surface area contributed by atoms with Gasteiger partial charge < -0.3 is 23.8 Å². The zero-order valence-corrected chi connectivity index (χ0v) is 66.3. The SMILES string of the molecule is CC(C)(C)c1ccc(N2c3cc(-c4ccccc4)ccc3B3c4c2cc(C(C)(C)C)cc4N(c2ccc(C(C)(C)C)cc2-c2cccc(-c4ccccc4)c2)c2cc4c5c(c23)Oc2ccc(-c3ccccc3)cc2B5c2cc(-c3ccccc3)cc(-n3c5ccccc5c5ccccc53)c2O4)c(-c2cccc(-c3ccccc3)c2)c1. The predicted molar refractivity (Wildman–Crippen MR) is 487 cm³/mol. The molecule has 0 radical (unpaired) electrons. The Hall–Kier alpha value is -13.4. The molecule has 115 heavy (non-hydrogen) atoms. The molecule has 0 bridgehead atoms. The lowest BCUT2D eigenvalue weighted by Crippen LogP contribution is -2.65. The van der Waals surface area contributed by atoms with Gasteiger partial charge in [-0.25, -0.2) is 0 Å². The summed E-state index contributed by atoms with van der Waals surface area (Å²) < 4.78 is 19.0. The van der Waals surface area contributed by atoms with Crippen LogP contribution in [0.5, 0.6) is 23.0 Å². The van der Waals surface area contributed by atoms with Gasteiger partial charge in [0, 0.05) is 56.2 Å². The maximum absolute atomic E-state index is 8.26. The van der Waals surface area contributed by atoms with Crippen LogP contribution < -0.4 is 52.1 Å². The smallest absolute Gasteiger partial charge is 0.260 e. The predicted octanol–water partition coefficient (Wildman–Crippen LogP) is 25.2. The van der Waals surface area contributed by atoms with E-state index in [1.807, 2.05) is 0 Å². The number of benzene rings is 16. The first kappa shape index (κ1) is 69.6. The van der Waals surface area contributed by atoms with E-state index < -0.39 is 13.4 Å². The molecule has 17 aromatic rings. The summed E-state index contributed by atoms with van der Waals surface area (Å²) in [6, 6.07) is 132. The first-order chi connectivity index (χ1) is 55.9. The Morgan fingerprint density at radius 1 is 0.226 bits per heavy atom. The minimum atomic E-state index is -0.407. The van der Waals surface area contributed by atoms with E-state index in [1.54, 1.807) is 0 Å². The highest BCUT2D eigenvalue weighted by Crippen LogP contribution is 2.55. The van der Waals surface area contributed by atoms with E-state index in [0.717, 1.165) is 168 Å². The van der Waals surface area contributed by atoms with Gasteiger partial charge in [0.1, 0.15) is 23.0 Å². The molecule has 0 saturated carbocycles. The van der Waals surface area contributed by atoms with Crippen molar-refractivity contribution < 1.29 is 9.47 Å². The zero-order valence-electron chi connectivity index (χ0n) is 66.3. The van der Waals surface area contributed by atoms with E-state index in [-0.39, 0.29) is 16.2 Å². The van der Waals surface area contributed by atoms with Gasteiger partial charge in [-0.2, -0.15) is 0 Å². The second-order valence-electron chi connectivity index (χ2n) is 34.7. The van der Waals surface area contributed by atoms with Crippen molar-refractivity contribution in [3.8, 4) is 107 Å². The first-order valence-corrected chi connectivity index (χ1v) is 40.5. The molecular weight excluding hydrogens is 1390 g/mol. The number of hydrogen-bond acceptors (Lipinski definition) is 4. The lowest BCUT2D eigenvalue weighted by Gasteiger charge is -2.47. The molecule has 1 aromatic heterocycles. The molecule has 5 heterocycles. The first-order valence-electron chi connectivity index (χ1n) is 40.5. The van der Waals surface area contributed by atoms with Gasteiger partial charge in [0.15, 0.2) is 0 Å². The molecule has 7 heteroatoms. The van der Waals surface area contributed by atoms with Gasteiger partial charge >= 0.3 is 0 Å². The van der Waals surface area contributed by atoms with Crippen LogP contribution in [0.4, 0.5) is 34.1 Å². The lowest BCUT2D eigenvalue weighted by molar-refractivity contribution is 0.466. The summed E-state index contributed by atoms with van der Waals surface area (Å²) in [6.07, 6.45) is 0. The van der Waals surface area contributed by atoms with E-state index in [9.17, 15) is 0 Å². The van der Waals surface area contributed by atoms with E-state index in [1.165, 1.54) is 44.0 Å². The molecule has 0 amide bonds. The van der Waals surface area contributed by atoms with Crippen LogP contribution in [0.25, 0.3) is 105 Å². The summed E-state index contributed by atoms with van der Waals surface area (Å²) in [5.74, 6) is 3.15. The summed E-state index contributed by atoms with van der Waals surface area (Å²) >= 11 is 0. The Morgan fingerprint density at radius 2 is 0.626 bits per heavy atom. The highest BCUT2D eigenvalue weighted by atomic mass is 16.5. The summed E-state index contributed by atoms with van der Waals surface area (Å²) in [5.41, 5.74) is 35.0. The monoisotopic (exact) mass is 1480 g/mol. The van der Waals surface area contributed by atoms with Crippen molar-refractivity contribution in [1.82, 2.24) is 4.57 Å². The van der Waals surface area contributed by atoms with Crippen molar-refractivity contribution in [3.63, 3.8) is 0 Å². The molecule has 0 fully saturated rings. The molecule has 0 spiro atoms. The van der Waals surface area contributed by atoms with Crippen molar-refractivity contribution in [1.29, 1.82) is 0 Å². The number of rotatable bonds is 10. The molecule has 4 aliphatic rings. The van der Waals surface area contributed by atoms with Gasteiger partial charge in [-0.05, 0) is 206 Å². The molecule has 21 rings (SSSR count). The van der Waals surface area contributed by atoms with Crippen molar-refractivity contribution in [2.45, 2.75) is 78.6 Å². The summed E-state index contributed by atoms with van der Waals surface area (Å²) in [5, 5.41) is 2.36. The van der Waals surface area contributed by atoms with E-state index in [0.29, 0.717) is 0 Å². The molecule has 0 N–H and O–H groups in total. The van der Waals surface area contributed by atoms with Gasteiger partial charge in [-0.15, -0.1) is 0 Å². The van der Waals surface area contributed by atoms with Crippen molar-refractivity contribution >= 4 is 102 Å². The fourth-order valence-corrected chi connectivity index (χ4v) is 18.7. The molecule has 16 aromatic carbocycles. The molecule has 0 atom stereocenters. The van der Waals surface area contributed by atoms with Gasteiger partial charge in [0.2, 0.25) is 0 Å². The summed E-state index contributed by atoms with van der Waals surface area (Å²) in [4.78, 5) is 5.30. The van der Waals surface area contributed by atoms with Crippen molar-refractivity contribution in [2.75, 3.05) is 9.80 Å². The zero-order chi connectivity index (χ0) is 77.8. The Kier molecular flexibility index (Phi) is 16.1. The molecule has 0 aliphatic carbocycles. The second-order valence-corrected chi connectivity index (χ2v) is 34.7. The molecule has 0 unspecified atom stereocenters. The number of hydrogen-bond donors (Lipinski definition) is 0. The fraction of sp³-hybridized carbons (Fsp3) is 0.111. The van der Waals surface area contributed by atoms with E-state index in [2.05, 4.69) is 429 Å². The van der Waals surface area contributed by atoms with Crippen LogP contribution in [0.15, 0.2) is 352 Å². The van der Waals surface area contributed by atoms with E-state index >= 15 is 0 Å². The van der Waals surface area contributed by atoms with Gasteiger partial charge in [-0.1, -0.05) is 329 Å². The third kappa shape index (κ3) is 11.6. The van der Waals surface area contributed by atoms with Crippen LogP contribution in [-0.2, 0) is 16.2 Å². The van der Waals surface area contributed by atoms with Crippen molar-refractivity contribution in [2.24, 2.45) is 0 Å². The average Bonchev–Trinajstić information content (AvgIpc) is 1.34. The topological polar surface area (TPSA) is 29.9 Å². The van der Waals surface area contributed by atoms with E-state index in [4.69, 9.17) is 9.47 Å². The van der Waals surface area contributed by atoms with Gasteiger partial charge in [0.25, 0.3) is 13.4 Å². The van der Waals surface area contributed by atoms with Crippen LogP contribution >= 0.6 is 0 Å². The standard InChI is InChI=1S/C108H85B2N3O2/c1-106(2,3)80-51-54-92(85(63-80)77-43-29-41-73(57-77)68-31-15-10-16-32-68)112-94-61-76(71-37-21-13-22-38-71)49-53-87(94)110-101-95(112)65-82(108(7,8)9)66-96(101)113(93-55-52-81(107(4,5)6)64-86(93)78-44-30-42-74(58-78)69-33-17-11-18-34-69)97-67-100-103-105(102(97)110)114-99-56-50-75(70-35-19-12-20-36-70)59-88(99)109(103)89-60-79(72-39-23-14-24-40-72)62-98(104(89)115-100)111-90-47-27-25-45-83(90)84-46-26-28-48-91(84)111/h10-67H,1-9H3. The Labute approximate surface area is 675 Å². The largest absolute Gasteiger partial charge is 0.459 e. The van der Waals surface area contributed by atoms with Crippen LogP contribution in [-0.4, -0.2) is 18.0 Å². The molecular formula is C108H85B2N3O2. The summed E-state index contributed by atoms with van der Waals surface area (Å²) in [6.45, 7) is 20.4. The highest BCUT2D eigenvalue weighted by molar-refractivity contribution is 7.03. The number of fused-ring (bicyclic) bond motifs is 12. The number of aromatic nitrogens is 1. The molecule has 550 valence electrons. The number of para-hydroxylation sites is 2. The second kappa shape index (κ2) is 26.7. The van der Waals surface area contributed by atoms with Crippen molar-refractivity contribution in [3.05, 3.63) is 369 Å². The van der Waals surface area contributed by atoms with Crippen LogP contribution in [0.1, 0.15) is 79.0 Å². The fourth-order valence-electron chi connectivity index (χ4n) is 18.7. The Bertz CT molecular complexity index is 6740. The maximum Gasteiger partial charge on any atom is 0.260 e. The number of anilines is 6. The maximum atomic E-state index is 8.26. The highest BCUT2D eigenvalue weighted by Gasteiger charge is 2.52. The minimum absolute atomic E-state index is 0.174. The molecule has 5 nitrogen and oxygen atoms in total. The number of ether oxygens (including phenoxy) is 2. The third-order valence-corrected chi connectivity index (χ3v) is 24.5. The van der Waals surface area contributed by atoms with Crippen LogP contribution in [0, 0.1) is 0 Å². The Morgan fingerprint density at radius 3 is 1.13 bits per heavy atom. The van der Waals surface area contributed by atoms with Crippen LogP contribution in [0.2, 0.25) is 0 Å². The van der Waals surface area contributed by atoms with Gasteiger partial charge in [0.05, 0.1) is 28.1 Å².